The summed E-state index contributed by atoms with van der Waals surface area (Å²) in [6.45, 7) is 1.80. The van der Waals surface area contributed by atoms with E-state index in [2.05, 4.69) is 10.3 Å². The highest BCUT2D eigenvalue weighted by atomic mass is 32.2. The first-order valence-electron chi connectivity index (χ1n) is 7.76. The van der Waals surface area contributed by atoms with Crippen LogP contribution in [0.3, 0.4) is 0 Å². The first-order valence-corrected chi connectivity index (χ1v) is 9.82. The second-order valence-electron chi connectivity index (χ2n) is 5.99. The maximum absolute atomic E-state index is 12.7. The van der Waals surface area contributed by atoms with Crippen LogP contribution in [0.1, 0.15) is 21.5 Å². The highest BCUT2D eigenvalue weighted by Gasteiger charge is 2.14. The number of amides is 1. The maximum Gasteiger partial charge on any atom is 0.257 e. The molecular formula is C19H18N2O3S. The maximum atomic E-state index is 12.7. The Morgan fingerprint density at radius 2 is 1.80 bits per heavy atom. The zero-order chi connectivity index (χ0) is 18.0. The van der Waals surface area contributed by atoms with Crippen molar-refractivity contribution < 1.29 is 13.2 Å². The summed E-state index contributed by atoms with van der Waals surface area (Å²) in [4.78, 5) is 17.0. The van der Waals surface area contributed by atoms with Crippen molar-refractivity contribution in [2.45, 2.75) is 12.7 Å². The molecule has 0 aliphatic carbocycles. The number of para-hydroxylation sites is 1. The monoisotopic (exact) mass is 354 g/mol. The summed E-state index contributed by atoms with van der Waals surface area (Å²) in [6.07, 6.45) is 2.84. The lowest BCUT2D eigenvalue weighted by atomic mass is 10.1. The third kappa shape index (κ3) is 3.85. The Hall–Kier alpha value is -2.73. The van der Waals surface area contributed by atoms with Crippen LogP contribution in [0.2, 0.25) is 0 Å². The largest absolute Gasteiger partial charge is 0.322 e. The smallest absolute Gasteiger partial charge is 0.257 e. The Morgan fingerprint density at radius 3 is 2.56 bits per heavy atom. The number of rotatable bonds is 4. The van der Waals surface area contributed by atoms with E-state index in [1.54, 1.807) is 37.4 Å². The van der Waals surface area contributed by atoms with Gasteiger partial charge in [0, 0.05) is 23.5 Å². The predicted molar refractivity (Wildman–Crippen MR) is 99.4 cm³/mol. The Balaban J connectivity index is 1.94. The molecule has 0 saturated carbocycles. The van der Waals surface area contributed by atoms with E-state index in [1.807, 2.05) is 24.3 Å². The normalized spacial score (nSPS) is 11.4. The fraction of sp³-hybridized carbons (Fsp3) is 0.158. The zero-order valence-electron chi connectivity index (χ0n) is 14.0. The average Bonchev–Trinajstić information content (AvgIpc) is 2.56. The Kier molecular flexibility index (Phi) is 4.55. The van der Waals surface area contributed by atoms with Crippen molar-refractivity contribution in [2.75, 3.05) is 11.6 Å². The van der Waals surface area contributed by atoms with Gasteiger partial charge in [-0.05, 0) is 36.2 Å². The standard InChI is InChI=1S/C19H18N2O3S/c1-13-15(12-25(2,23)24)7-4-10-17(13)21-19(22)16-9-3-6-14-8-5-11-20-18(14)16/h3-11H,12H2,1-2H3,(H,21,22). The fourth-order valence-corrected chi connectivity index (χ4v) is 3.61. The molecule has 0 unspecified atom stereocenters. The molecule has 5 nitrogen and oxygen atoms in total. The molecule has 0 spiro atoms. The number of carbonyl (C=O) groups is 1. The van der Waals surface area contributed by atoms with E-state index in [9.17, 15) is 13.2 Å². The fourth-order valence-electron chi connectivity index (χ4n) is 2.73. The summed E-state index contributed by atoms with van der Waals surface area (Å²) < 4.78 is 23.1. The van der Waals surface area contributed by atoms with Crippen molar-refractivity contribution in [2.24, 2.45) is 0 Å². The molecular weight excluding hydrogens is 336 g/mol. The van der Waals surface area contributed by atoms with Crippen LogP contribution in [0.15, 0.2) is 54.7 Å². The van der Waals surface area contributed by atoms with Crippen molar-refractivity contribution in [1.29, 1.82) is 0 Å². The summed E-state index contributed by atoms with van der Waals surface area (Å²) in [5.74, 6) is -0.331. The number of anilines is 1. The van der Waals surface area contributed by atoms with Crippen LogP contribution in [-0.4, -0.2) is 25.6 Å². The summed E-state index contributed by atoms with van der Waals surface area (Å²) in [6, 6.07) is 14.4. The number of carbonyl (C=O) groups excluding carboxylic acids is 1. The molecule has 1 heterocycles. The van der Waals surface area contributed by atoms with E-state index < -0.39 is 9.84 Å². The van der Waals surface area contributed by atoms with Crippen LogP contribution in [0.5, 0.6) is 0 Å². The molecule has 2 aromatic carbocycles. The Morgan fingerprint density at radius 1 is 1.08 bits per heavy atom. The van der Waals surface area contributed by atoms with Crippen molar-refractivity contribution in [3.05, 3.63) is 71.4 Å². The van der Waals surface area contributed by atoms with Gasteiger partial charge in [0.2, 0.25) is 0 Å². The summed E-state index contributed by atoms with van der Waals surface area (Å²) in [5, 5.41) is 3.76. The highest BCUT2D eigenvalue weighted by Crippen LogP contribution is 2.23. The van der Waals surface area contributed by atoms with Gasteiger partial charge in [0.15, 0.2) is 9.84 Å². The van der Waals surface area contributed by atoms with E-state index in [1.165, 1.54) is 6.26 Å². The first-order chi connectivity index (χ1) is 11.8. The molecule has 0 atom stereocenters. The topological polar surface area (TPSA) is 76.1 Å². The van der Waals surface area contributed by atoms with Gasteiger partial charge in [0.25, 0.3) is 5.91 Å². The number of pyridine rings is 1. The summed E-state index contributed by atoms with van der Waals surface area (Å²) in [5.41, 5.74) is 3.13. The first kappa shape index (κ1) is 17.1. The highest BCUT2D eigenvalue weighted by molar-refractivity contribution is 7.89. The van der Waals surface area contributed by atoms with Gasteiger partial charge in [0.05, 0.1) is 16.8 Å². The van der Waals surface area contributed by atoms with E-state index in [0.717, 1.165) is 10.9 Å². The van der Waals surface area contributed by atoms with Crippen LogP contribution in [0.25, 0.3) is 10.9 Å². The molecule has 128 valence electrons. The molecule has 25 heavy (non-hydrogen) atoms. The number of nitrogens with zero attached hydrogens (tertiary/aromatic N) is 1. The van der Waals surface area contributed by atoms with Gasteiger partial charge in [-0.25, -0.2) is 8.42 Å². The van der Waals surface area contributed by atoms with Crippen LogP contribution < -0.4 is 5.32 Å². The van der Waals surface area contributed by atoms with E-state index >= 15 is 0 Å². The van der Waals surface area contributed by atoms with Crippen LogP contribution in [-0.2, 0) is 15.6 Å². The Labute approximate surface area is 146 Å². The molecule has 1 N–H and O–H groups in total. The summed E-state index contributed by atoms with van der Waals surface area (Å²) in [7, 11) is -3.15. The van der Waals surface area contributed by atoms with Crippen molar-refractivity contribution in [3.63, 3.8) is 0 Å². The lowest BCUT2D eigenvalue weighted by Crippen LogP contribution is -2.14. The molecule has 0 fully saturated rings. The van der Waals surface area contributed by atoms with Gasteiger partial charge < -0.3 is 5.32 Å². The second-order valence-corrected chi connectivity index (χ2v) is 8.13. The SMILES string of the molecule is Cc1c(CS(C)(=O)=O)cccc1NC(=O)c1cccc2cccnc12. The number of hydrogen-bond donors (Lipinski definition) is 1. The van der Waals surface area contributed by atoms with E-state index in [4.69, 9.17) is 0 Å². The third-order valence-electron chi connectivity index (χ3n) is 3.99. The number of aromatic nitrogens is 1. The Bertz CT molecular complexity index is 1050. The van der Waals surface area contributed by atoms with Crippen molar-refractivity contribution >= 4 is 32.3 Å². The quantitative estimate of drug-likeness (QED) is 0.780. The number of nitrogens with one attached hydrogen (secondary N) is 1. The number of hydrogen-bond acceptors (Lipinski definition) is 4. The molecule has 3 rings (SSSR count). The van der Waals surface area contributed by atoms with Gasteiger partial charge >= 0.3 is 0 Å². The zero-order valence-corrected chi connectivity index (χ0v) is 14.8. The van der Waals surface area contributed by atoms with E-state index in [-0.39, 0.29) is 11.7 Å². The third-order valence-corrected chi connectivity index (χ3v) is 4.82. The molecule has 0 bridgehead atoms. The van der Waals surface area contributed by atoms with Crippen LogP contribution in [0.4, 0.5) is 5.69 Å². The summed E-state index contributed by atoms with van der Waals surface area (Å²) >= 11 is 0. The van der Waals surface area contributed by atoms with Gasteiger partial charge in [-0.3, -0.25) is 9.78 Å². The number of fused-ring (bicyclic) bond motifs is 1. The molecule has 0 radical (unpaired) electrons. The van der Waals surface area contributed by atoms with E-state index in [0.29, 0.717) is 22.3 Å². The molecule has 0 aliphatic rings. The lowest BCUT2D eigenvalue weighted by Gasteiger charge is -2.13. The average molecular weight is 354 g/mol. The van der Waals surface area contributed by atoms with Crippen molar-refractivity contribution in [3.8, 4) is 0 Å². The molecule has 3 aromatic rings. The second kappa shape index (κ2) is 6.64. The van der Waals surface area contributed by atoms with Gasteiger partial charge in [-0.2, -0.15) is 0 Å². The van der Waals surface area contributed by atoms with Gasteiger partial charge in [-0.15, -0.1) is 0 Å². The molecule has 0 aliphatic heterocycles. The molecule has 1 amide bonds. The lowest BCUT2D eigenvalue weighted by molar-refractivity contribution is 0.102. The van der Waals surface area contributed by atoms with Crippen LogP contribution >= 0.6 is 0 Å². The minimum absolute atomic E-state index is 0.0572. The van der Waals surface area contributed by atoms with Crippen LogP contribution in [0, 0.1) is 6.92 Å². The minimum Gasteiger partial charge on any atom is -0.322 e. The predicted octanol–water partition coefficient (Wildman–Crippen LogP) is 3.34. The number of sulfone groups is 1. The van der Waals surface area contributed by atoms with Crippen molar-refractivity contribution in [1.82, 2.24) is 4.98 Å². The van der Waals surface area contributed by atoms with Gasteiger partial charge in [0.1, 0.15) is 0 Å². The molecule has 0 saturated heterocycles. The minimum atomic E-state index is -3.15. The number of benzene rings is 2. The van der Waals surface area contributed by atoms with Gasteiger partial charge in [-0.1, -0.05) is 30.3 Å². The molecule has 1 aromatic heterocycles. The molecule has 6 heteroatoms.